The maximum Gasteiger partial charge on any atom is 0.274 e. The SMILES string of the molecule is Cn1cc(-c2ccc(C(=O)Nc3cc(-c4ccon4)ccc3N)nc2)cn1. The van der Waals surface area contributed by atoms with Crippen molar-refractivity contribution in [3.63, 3.8) is 0 Å². The molecule has 0 unspecified atom stereocenters. The topological polar surface area (TPSA) is 112 Å². The fraction of sp³-hybridized carbons (Fsp3) is 0.0526. The zero-order valence-corrected chi connectivity index (χ0v) is 14.5. The van der Waals surface area contributed by atoms with E-state index in [0.717, 1.165) is 16.7 Å². The van der Waals surface area contributed by atoms with Crippen molar-refractivity contribution in [1.82, 2.24) is 19.9 Å². The van der Waals surface area contributed by atoms with E-state index in [1.165, 1.54) is 6.26 Å². The summed E-state index contributed by atoms with van der Waals surface area (Å²) in [7, 11) is 1.84. The summed E-state index contributed by atoms with van der Waals surface area (Å²) in [6.07, 6.45) is 6.75. The second-order valence-corrected chi connectivity index (χ2v) is 5.98. The van der Waals surface area contributed by atoms with E-state index in [9.17, 15) is 4.79 Å². The van der Waals surface area contributed by atoms with Crippen LogP contribution >= 0.6 is 0 Å². The molecule has 0 saturated heterocycles. The highest BCUT2D eigenvalue weighted by Crippen LogP contribution is 2.26. The van der Waals surface area contributed by atoms with Crippen LogP contribution in [-0.2, 0) is 7.05 Å². The number of aryl methyl sites for hydroxylation is 1. The van der Waals surface area contributed by atoms with Gasteiger partial charge in [0.2, 0.25) is 0 Å². The fourth-order valence-electron chi connectivity index (χ4n) is 2.64. The van der Waals surface area contributed by atoms with E-state index in [1.54, 1.807) is 41.3 Å². The average Bonchev–Trinajstić information content (AvgIpc) is 3.35. The van der Waals surface area contributed by atoms with Crippen LogP contribution in [0.5, 0.6) is 0 Å². The molecule has 8 nitrogen and oxygen atoms in total. The van der Waals surface area contributed by atoms with E-state index >= 15 is 0 Å². The van der Waals surface area contributed by atoms with Crippen molar-refractivity contribution in [3.05, 3.63) is 66.9 Å². The molecule has 27 heavy (non-hydrogen) atoms. The van der Waals surface area contributed by atoms with Gasteiger partial charge in [0.05, 0.1) is 17.6 Å². The van der Waals surface area contributed by atoms with Crippen molar-refractivity contribution >= 4 is 17.3 Å². The predicted molar refractivity (Wildman–Crippen MR) is 101 cm³/mol. The minimum absolute atomic E-state index is 0.286. The minimum atomic E-state index is -0.350. The summed E-state index contributed by atoms with van der Waals surface area (Å²) >= 11 is 0. The van der Waals surface area contributed by atoms with Crippen LogP contribution in [0.4, 0.5) is 11.4 Å². The molecule has 0 aliphatic rings. The number of benzene rings is 1. The van der Waals surface area contributed by atoms with Crippen LogP contribution in [-0.4, -0.2) is 25.8 Å². The zero-order chi connectivity index (χ0) is 18.8. The second kappa shape index (κ2) is 6.75. The third-order valence-corrected chi connectivity index (χ3v) is 4.07. The molecule has 0 bridgehead atoms. The Balaban J connectivity index is 1.54. The van der Waals surface area contributed by atoms with Gasteiger partial charge < -0.3 is 15.6 Å². The second-order valence-electron chi connectivity index (χ2n) is 5.98. The summed E-state index contributed by atoms with van der Waals surface area (Å²) in [5.74, 6) is -0.350. The van der Waals surface area contributed by atoms with Crippen molar-refractivity contribution in [2.75, 3.05) is 11.1 Å². The first-order valence-corrected chi connectivity index (χ1v) is 8.17. The number of nitrogen functional groups attached to an aromatic ring is 1. The van der Waals surface area contributed by atoms with E-state index in [-0.39, 0.29) is 11.6 Å². The zero-order valence-electron chi connectivity index (χ0n) is 14.5. The summed E-state index contributed by atoms with van der Waals surface area (Å²) in [4.78, 5) is 16.8. The monoisotopic (exact) mass is 360 g/mol. The lowest BCUT2D eigenvalue weighted by molar-refractivity contribution is 0.102. The predicted octanol–water partition coefficient (Wildman–Crippen LogP) is 2.97. The number of amides is 1. The van der Waals surface area contributed by atoms with Crippen molar-refractivity contribution in [3.8, 4) is 22.4 Å². The quantitative estimate of drug-likeness (QED) is 0.541. The number of rotatable bonds is 4. The van der Waals surface area contributed by atoms with Crippen molar-refractivity contribution in [2.24, 2.45) is 7.05 Å². The van der Waals surface area contributed by atoms with Gasteiger partial charge in [-0.1, -0.05) is 17.3 Å². The van der Waals surface area contributed by atoms with Gasteiger partial charge in [-0.25, -0.2) is 0 Å². The molecule has 4 rings (SSSR count). The largest absolute Gasteiger partial charge is 0.397 e. The summed E-state index contributed by atoms with van der Waals surface area (Å²) in [6.45, 7) is 0. The smallest absolute Gasteiger partial charge is 0.274 e. The lowest BCUT2D eigenvalue weighted by Crippen LogP contribution is -2.14. The van der Waals surface area contributed by atoms with Gasteiger partial charge in [-0.05, 0) is 18.2 Å². The highest BCUT2D eigenvalue weighted by atomic mass is 16.5. The van der Waals surface area contributed by atoms with Crippen molar-refractivity contribution in [2.45, 2.75) is 0 Å². The standard InChI is InChI=1S/C19H16N6O2/c1-25-11-14(10-22-25)13-3-5-17(21-9-13)19(26)23-18-8-12(2-4-15(18)20)16-6-7-27-24-16/h2-11H,20H2,1H3,(H,23,26). The van der Waals surface area contributed by atoms with E-state index < -0.39 is 0 Å². The van der Waals surface area contributed by atoms with Gasteiger partial charge in [-0.2, -0.15) is 5.10 Å². The van der Waals surface area contributed by atoms with Crippen LogP contribution in [0.3, 0.4) is 0 Å². The molecule has 0 aliphatic heterocycles. The average molecular weight is 360 g/mol. The Morgan fingerprint density at radius 2 is 1.96 bits per heavy atom. The molecule has 1 amide bonds. The Hall–Kier alpha value is -3.94. The number of hydrogen-bond acceptors (Lipinski definition) is 6. The molecule has 0 radical (unpaired) electrons. The van der Waals surface area contributed by atoms with E-state index in [1.807, 2.05) is 25.4 Å². The molecular formula is C19H16N6O2. The molecular weight excluding hydrogens is 344 g/mol. The van der Waals surface area contributed by atoms with Gasteiger partial charge in [0.25, 0.3) is 5.91 Å². The van der Waals surface area contributed by atoms with Gasteiger partial charge in [0, 0.05) is 42.2 Å². The molecule has 8 heteroatoms. The number of nitrogens with zero attached hydrogens (tertiary/aromatic N) is 4. The number of aromatic nitrogens is 4. The van der Waals surface area contributed by atoms with Crippen molar-refractivity contribution < 1.29 is 9.32 Å². The normalized spacial score (nSPS) is 10.7. The van der Waals surface area contributed by atoms with E-state index in [0.29, 0.717) is 17.1 Å². The summed E-state index contributed by atoms with van der Waals surface area (Å²) < 4.78 is 6.56. The maximum atomic E-state index is 12.5. The Morgan fingerprint density at radius 3 is 2.63 bits per heavy atom. The number of pyridine rings is 1. The molecule has 4 aromatic rings. The van der Waals surface area contributed by atoms with Crippen LogP contribution < -0.4 is 11.1 Å². The first-order chi connectivity index (χ1) is 13.1. The van der Waals surface area contributed by atoms with Gasteiger partial charge in [0.1, 0.15) is 17.7 Å². The Kier molecular flexibility index (Phi) is 4.13. The van der Waals surface area contributed by atoms with Gasteiger partial charge >= 0.3 is 0 Å². The molecule has 0 aliphatic carbocycles. The third-order valence-electron chi connectivity index (χ3n) is 4.07. The Bertz CT molecular complexity index is 1080. The summed E-state index contributed by atoms with van der Waals surface area (Å²) in [5, 5.41) is 10.8. The molecule has 0 saturated carbocycles. The lowest BCUT2D eigenvalue weighted by atomic mass is 10.1. The number of carbonyl (C=O) groups excluding carboxylic acids is 1. The number of hydrogen-bond donors (Lipinski definition) is 2. The maximum absolute atomic E-state index is 12.5. The van der Waals surface area contributed by atoms with E-state index in [2.05, 4.69) is 20.6 Å². The van der Waals surface area contributed by atoms with Crippen LogP contribution in [0, 0.1) is 0 Å². The molecule has 0 atom stereocenters. The number of carbonyl (C=O) groups is 1. The highest BCUT2D eigenvalue weighted by Gasteiger charge is 2.12. The van der Waals surface area contributed by atoms with E-state index in [4.69, 9.17) is 10.3 Å². The van der Waals surface area contributed by atoms with Crippen LogP contribution in [0.1, 0.15) is 10.5 Å². The van der Waals surface area contributed by atoms with Gasteiger partial charge in [-0.3, -0.25) is 14.5 Å². The van der Waals surface area contributed by atoms with Crippen molar-refractivity contribution in [1.29, 1.82) is 0 Å². The molecule has 1 aromatic carbocycles. The van der Waals surface area contributed by atoms with Crippen LogP contribution in [0.25, 0.3) is 22.4 Å². The summed E-state index contributed by atoms with van der Waals surface area (Å²) in [5.41, 5.74) is 10.5. The Labute approximate surface area is 154 Å². The van der Waals surface area contributed by atoms with Gasteiger partial charge in [0.15, 0.2) is 0 Å². The first kappa shape index (κ1) is 16.5. The van der Waals surface area contributed by atoms with Crippen LogP contribution in [0.15, 0.2) is 65.8 Å². The van der Waals surface area contributed by atoms with Gasteiger partial charge in [-0.15, -0.1) is 0 Å². The highest BCUT2D eigenvalue weighted by molar-refractivity contribution is 6.05. The molecule has 0 spiro atoms. The number of nitrogens with one attached hydrogen (secondary N) is 1. The fourth-order valence-corrected chi connectivity index (χ4v) is 2.64. The molecule has 0 fully saturated rings. The minimum Gasteiger partial charge on any atom is -0.397 e. The molecule has 134 valence electrons. The first-order valence-electron chi connectivity index (χ1n) is 8.17. The molecule has 3 heterocycles. The summed E-state index contributed by atoms with van der Waals surface area (Å²) in [6, 6.07) is 10.5. The number of anilines is 2. The molecule has 3 N–H and O–H groups in total. The third kappa shape index (κ3) is 3.40. The Morgan fingerprint density at radius 1 is 1.11 bits per heavy atom. The lowest BCUT2D eigenvalue weighted by Gasteiger charge is -2.09. The molecule has 3 aromatic heterocycles. The van der Waals surface area contributed by atoms with Crippen LogP contribution in [0.2, 0.25) is 0 Å². The number of nitrogens with two attached hydrogens (primary N) is 1.